The Bertz CT molecular complexity index is 1060. The second-order valence-corrected chi connectivity index (χ2v) is 5.85. The molecule has 0 saturated carbocycles. The zero-order chi connectivity index (χ0) is 18.8. The summed E-state index contributed by atoms with van der Waals surface area (Å²) in [7, 11) is 0. The highest BCUT2D eigenvalue weighted by Gasteiger charge is 2.14. The summed E-state index contributed by atoms with van der Waals surface area (Å²) in [6.07, 6.45) is 0.0919. The summed E-state index contributed by atoms with van der Waals surface area (Å²) >= 11 is 0. The Morgan fingerprint density at radius 2 is 1.92 bits per heavy atom. The van der Waals surface area contributed by atoms with Gasteiger partial charge in [-0.2, -0.15) is 0 Å². The molecule has 0 atom stereocenters. The number of nitrogens with one attached hydrogen (secondary N) is 1. The van der Waals surface area contributed by atoms with Gasteiger partial charge in [-0.15, -0.1) is 0 Å². The lowest BCUT2D eigenvalue weighted by Gasteiger charge is -2.09. The van der Waals surface area contributed by atoms with Gasteiger partial charge in [-0.3, -0.25) is 4.79 Å². The van der Waals surface area contributed by atoms with Crippen LogP contribution in [0.4, 0.5) is 14.5 Å². The average molecular weight is 359 g/mol. The van der Waals surface area contributed by atoms with Gasteiger partial charge in [0.2, 0.25) is 5.91 Å². The Kier molecular flexibility index (Phi) is 4.71. The average Bonchev–Trinajstić information content (AvgIpc) is 2.57. The summed E-state index contributed by atoms with van der Waals surface area (Å²) in [4.78, 5) is 24.2. The molecule has 0 aliphatic heterocycles. The van der Waals surface area contributed by atoms with E-state index >= 15 is 0 Å². The van der Waals surface area contributed by atoms with Gasteiger partial charge in [0.1, 0.15) is 11.3 Å². The van der Waals surface area contributed by atoms with Gasteiger partial charge >= 0.3 is 5.63 Å². The Morgan fingerprint density at radius 3 is 2.65 bits per heavy atom. The summed E-state index contributed by atoms with van der Waals surface area (Å²) in [6.45, 7) is 1.74. The molecule has 2 N–H and O–H groups in total. The van der Waals surface area contributed by atoms with Crippen LogP contribution < -0.4 is 10.9 Å². The van der Waals surface area contributed by atoms with Crippen LogP contribution in [0.2, 0.25) is 0 Å². The molecule has 7 heteroatoms. The molecule has 1 aromatic heterocycles. The Balaban J connectivity index is 1.76. The van der Waals surface area contributed by atoms with E-state index in [1.54, 1.807) is 13.0 Å². The first-order valence-electron chi connectivity index (χ1n) is 7.85. The Labute approximate surface area is 146 Å². The quantitative estimate of drug-likeness (QED) is 0.697. The van der Waals surface area contributed by atoms with Crippen LogP contribution in [0.25, 0.3) is 11.0 Å². The van der Waals surface area contributed by atoms with Crippen molar-refractivity contribution in [1.29, 1.82) is 0 Å². The molecule has 1 amide bonds. The van der Waals surface area contributed by atoms with Gasteiger partial charge in [-0.05, 0) is 43.2 Å². The van der Waals surface area contributed by atoms with Gasteiger partial charge in [0.25, 0.3) is 0 Å². The smallest absolute Gasteiger partial charge is 0.339 e. The van der Waals surface area contributed by atoms with E-state index in [9.17, 15) is 23.5 Å². The molecule has 0 saturated heterocycles. The van der Waals surface area contributed by atoms with Crippen LogP contribution in [-0.4, -0.2) is 11.0 Å². The third-order valence-electron chi connectivity index (χ3n) is 4.08. The summed E-state index contributed by atoms with van der Waals surface area (Å²) in [5.74, 6) is -2.52. The number of halogens is 2. The molecule has 1 heterocycles. The van der Waals surface area contributed by atoms with Crippen molar-refractivity contribution in [2.75, 3.05) is 5.32 Å². The number of hydrogen-bond donors (Lipinski definition) is 2. The van der Waals surface area contributed by atoms with Crippen molar-refractivity contribution in [3.8, 4) is 5.75 Å². The number of aryl methyl sites for hydroxylation is 1. The zero-order valence-electron chi connectivity index (χ0n) is 13.8. The van der Waals surface area contributed by atoms with E-state index in [1.165, 1.54) is 18.2 Å². The predicted octanol–water partition coefficient (Wildman–Crippen LogP) is 3.66. The van der Waals surface area contributed by atoms with Crippen molar-refractivity contribution in [3.63, 3.8) is 0 Å². The van der Waals surface area contributed by atoms with Crippen molar-refractivity contribution in [2.24, 2.45) is 0 Å². The number of hydrogen-bond acceptors (Lipinski definition) is 4. The SMILES string of the molecule is Cc1c(CCC(=O)Nc2ccc(F)c(F)c2)c(=O)oc2cc(O)ccc12. The van der Waals surface area contributed by atoms with E-state index in [0.29, 0.717) is 16.5 Å². The lowest BCUT2D eigenvalue weighted by molar-refractivity contribution is -0.116. The van der Waals surface area contributed by atoms with Crippen molar-refractivity contribution >= 4 is 22.6 Å². The number of phenols is 1. The van der Waals surface area contributed by atoms with E-state index in [-0.39, 0.29) is 29.9 Å². The first kappa shape index (κ1) is 17.6. The van der Waals surface area contributed by atoms with Gasteiger partial charge in [0.15, 0.2) is 11.6 Å². The number of fused-ring (bicyclic) bond motifs is 1. The minimum Gasteiger partial charge on any atom is -0.508 e. The molecule has 134 valence electrons. The van der Waals surface area contributed by atoms with Gasteiger partial charge < -0.3 is 14.8 Å². The largest absolute Gasteiger partial charge is 0.508 e. The number of benzene rings is 2. The number of rotatable bonds is 4. The Hall–Kier alpha value is -3.22. The molecule has 2 aromatic carbocycles. The normalized spacial score (nSPS) is 10.9. The topological polar surface area (TPSA) is 79.5 Å². The van der Waals surface area contributed by atoms with E-state index in [2.05, 4.69) is 5.32 Å². The minimum atomic E-state index is -1.06. The van der Waals surface area contributed by atoms with Gasteiger partial charge in [-0.25, -0.2) is 13.6 Å². The lowest BCUT2D eigenvalue weighted by atomic mass is 10.0. The van der Waals surface area contributed by atoms with Crippen molar-refractivity contribution in [2.45, 2.75) is 19.8 Å². The number of phenolic OH excluding ortho intramolecular Hbond substituents is 1. The molecule has 0 spiro atoms. The molecule has 5 nitrogen and oxygen atoms in total. The summed E-state index contributed by atoms with van der Waals surface area (Å²) in [5, 5.41) is 12.6. The van der Waals surface area contributed by atoms with Gasteiger partial charge in [0.05, 0.1) is 0 Å². The number of anilines is 1. The second-order valence-electron chi connectivity index (χ2n) is 5.85. The molecule has 0 bridgehead atoms. The summed E-state index contributed by atoms with van der Waals surface area (Å²) < 4.78 is 31.3. The standard InChI is InChI=1S/C19H15F2NO4/c1-10-13-4-3-12(23)9-17(13)26-19(25)14(10)5-7-18(24)22-11-2-6-15(20)16(21)8-11/h2-4,6,8-9,23H,5,7H2,1H3,(H,22,24). The fourth-order valence-corrected chi connectivity index (χ4v) is 2.71. The molecular formula is C19H15F2NO4. The number of carbonyl (C=O) groups excluding carboxylic acids is 1. The maximum Gasteiger partial charge on any atom is 0.339 e. The second kappa shape index (κ2) is 6.95. The highest BCUT2D eigenvalue weighted by Crippen LogP contribution is 2.24. The summed E-state index contributed by atoms with van der Waals surface area (Å²) in [6, 6.07) is 7.52. The third kappa shape index (κ3) is 3.56. The summed E-state index contributed by atoms with van der Waals surface area (Å²) in [5.41, 5.74) is 0.830. The molecule has 0 aliphatic carbocycles. The molecule has 3 rings (SSSR count). The highest BCUT2D eigenvalue weighted by molar-refractivity contribution is 5.91. The molecule has 0 unspecified atom stereocenters. The van der Waals surface area contributed by atoms with Crippen LogP contribution in [0.1, 0.15) is 17.5 Å². The van der Waals surface area contributed by atoms with Crippen LogP contribution in [0.5, 0.6) is 5.75 Å². The fraction of sp³-hybridized carbons (Fsp3) is 0.158. The van der Waals surface area contributed by atoms with Gasteiger partial charge in [-0.1, -0.05) is 0 Å². The van der Waals surface area contributed by atoms with Crippen molar-refractivity contribution < 1.29 is 23.1 Å². The molecule has 0 radical (unpaired) electrons. The van der Waals surface area contributed by atoms with Crippen LogP contribution in [-0.2, 0) is 11.2 Å². The first-order valence-corrected chi connectivity index (χ1v) is 7.85. The first-order chi connectivity index (χ1) is 12.3. The van der Waals surface area contributed by atoms with Crippen LogP contribution in [0, 0.1) is 18.6 Å². The lowest BCUT2D eigenvalue weighted by Crippen LogP contribution is -2.16. The van der Waals surface area contributed by atoms with Gasteiger partial charge in [0, 0.05) is 35.2 Å². The van der Waals surface area contributed by atoms with Crippen LogP contribution in [0.15, 0.2) is 45.6 Å². The Morgan fingerprint density at radius 1 is 1.15 bits per heavy atom. The van der Waals surface area contributed by atoms with E-state index < -0.39 is 23.2 Å². The minimum absolute atomic E-state index is 0.0151. The molecule has 0 aliphatic rings. The predicted molar refractivity (Wildman–Crippen MR) is 92.2 cm³/mol. The van der Waals surface area contributed by atoms with Crippen molar-refractivity contribution in [3.05, 3.63) is 69.6 Å². The van der Waals surface area contributed by atoms with Crippen LogP contribution in [0.3, 0.4) is 0 Å². The zero-order valence-corrected chi connectivity index (χ0v) is 13.8. The van der Waals surface area contributed by atoms with Crippen LogP contribution >= 0.6 is 0 Å². The molecule has 0 fully saturated rings. The molecular weight excluding hydrogens is 344 g/mol. The fourth-order valence-electron chi connectivity index (χ4n) is 2.71. The van der Waals surface area contributed by atoms with Crippen molar-refractivity contribution in [1.82, 2.24) is 0 Å². The third-order valence-corrected chi connectivity index (χ3v) is 4.08. The highest BCUT2D eigenvalue weighted by atomic mass is 19.2. The van der Waals surface area contributed by atoms with E-state index in [4.69, 9.17) is 4.42 Å². The number of amides is 1. The monoisotopic (exact) mass is 359 g/mol. The van der Waals surface area contributed by atoms with E-state index in [1.807, 2.05) is 0 Å². The molecule has 3 aromatic rings. The molecule has 26 heavy (non-hydrogen) atoms. The number of carbonyl (C=O) groups is 1. The number of aromatic hydroxyl groups is 1. The maximum absolute atomic E-state index is 13.2. The maximum atomic E-state index is 13.2. The van der Waals surface area contributed by atoms with E-state index in [0.717, 1.165) is 12.1 Å².